The van der Waals surface area contributed by atoms with Crippen LogP contribution in [0, 0.1) is 0 Å². The van der Waals surface area contributed by atoms with Crippen molar-refractivity contribution >= 4 is 5.97 Å². The molecule has 2 N–H and O–H groups in total. The SMILES string of the molecule is C[C@@H]1OC(c2ccccc2)(c2ccccc2)O[C@H]1C(N)=CC(=O)OC(C)(C)C. The van der Waals surface area contributed by atoms with Crippen molar-refractivity contribution in [3.8, 4) is 0 Å². The summed E-state index contributed by atoms with van der Waals surface area (Å²) in [6.07, 6.45) is 0.328. The lowest BCUT2D eigenvalue weighted by molar-refractivity contribution is -0.150. The van der Waals surface area contributed by atoms with E-state index in [2.05, 4.69) is 0 Å². The smallest absolute Gasteiger partial charge is 0.333 e. The van der Waals surface area contributed by atoms with E-state index >= 15 is 0 Å². The summed E-state index contributed by atoms with van der Waals surface area (Å²) in [6.45, 7) is 7.31. The zero-order chi connectivity index (χ0) is 20.4. The van der Waals surface area contributed by atoms with E-state index in [4.69, 9.17) is 19.9 Å². The van der Waals surface area contributed by atoms with E-state index in [0.717, 1.165) is 11.1 Å². The monoisotopic (exact) mass is 381 g/mol. The number of carbonyl (C=O) groups excluding carboxylic acids is 1. The third-order valence-electron chi connectivity index (χ3n) is 4.40. The van der Waals surface area contributed by atoms with Crippen LogP contribution in [-0.2, 0) is 24.8 Å². The number of rotatable bonds is 4. The predicted octanol–water partition coefficient (Wildman–Crippen LogP) is 3.88. The van der Waals surface area contributed by atoms with Gasteiger partial charge in [-0.15, -0.1) is 0 Å². The Bertz CT molecular complexity index is 800. The highest BCUT2D eigenvalue weighted by Gasteiger charge is 2.49. The van der Waals surface area contributed by atoms with Crippen LogP contribution in [0.25, 0.3) is 0 Å². The molecular weight excluding hydrogens is 354 g/mol. The van der Waals surface area contributed by atoms with Crippen molar-refractivity contribution < 1.29 is 19.0 Å². The summed E-state index contributed by atoms with van der Waals surface area (Å²) >= 11 is 0. The van der Waals surface area contributed by atoms with Gasteiger partial charge < -0.3 is 19.9 Å². The Morgan fingerprint density at radius 3 is 1.96 bits per heavy atom. The van der Waals surface area contributed by atoms with Crippen LogP contribution in [0.2, 0.25) is 0 Å². The van der Waals surface area contributed by atoms with Crippen molar-refractivity contribution in [1.82, 2.24) is 0 Å². The first-order chi connectivity index (χ1) is 13.2. The lowest BCUT2D eigenvalue weighted by Crippen LogP contribution is -2.31. The van der Waals surface area contributed by atoms with Gasteiger partial charge in [0.05, 0.1) is 6.10 Å². The molecule has 5 heteroatoms. The molecule has 1 fully saturated rings. The Morgan fingerprint density at radius 1 is 1.00 bits per heavy atom. The minimum atomic E-state index is -1.10. The summed E-state index contributed by atoms with van der Waals surface area (Å²) in [6, 6.07) is 19.4. The van der Waals surface area contributed by atoms with E-state index in [-0.39, 0.29) is 11.8 Å². The average molecular weight is 381 g/mol. The Labute approximate surface area is 166 Å². The van der Waals surface area contributed by atoms with Crippen LogP contribution in [0.1, 0.15) is 38.8 Å². The maximum Gasteiger partial charge on any atom is 0.333 e. The topological polar surface area (TPSA) is 70.8 Å². The number of hydrogen-bond acceptors (Lipinski definition) is 5. The van der Waals surface area contributed by atoms with Crippen LogP contribution in [0.4, 0.5) is 0 Å². The molecule has 0 spiro atoms. The fourth-order valence-electron chi connectivity index (χ4n) is 3.27. The number of carbonyl (C=O) groups is 1. The maximum atomic E-state index is 12.2. The first kappa shape index (κ1) is 20.1. The molecule has 0 aliphatic carbocycles. The zero-order valence-corrected chi connectivity index (χ0v) is 16.7. The van der Waals surface area contributed by atoms with Crippen molar-refractivity contribution in [2.75, 3.05) is 0 Å². The summed E-state index contributed by atoms with van der Waals surface area (Å²) < 4.78 is 18.1. The van der Waals surface area contributed by atoms with Crippen molar-refractivity contribution in [2.45, 2.75) is 51.3 Å². The fourth-order valence-corrected chi connectivity index (χ4v) is 3.27. The Balaban J connectivity index is 1.95. The third-order valence-corrected chi connectivity index (χ3v) is 4.40. The lowest BCUT2D eigenvalue weighted by Gasteiger charge is -2.29. The van der Waals surface area contributed by atoms with Gasteiger partial charge in [-0.1, -0.05) is 60.7 Å². The molecule has 5 nitrogen and oxygen atoms in total. The molecule has 2 aromatic rings. The molecule has 0 bridgehead atoms. The molecule has 1 aliphatic rings. The zero-order valence-electron chi connectivity index (χ0n) is 16.7. The van der Waals surface area contributed by atoms with Crippen molar-refractivity contribution in [1.29, 1.82) is 0 Å². The second-order valence-electron chi connectivity index (χ2n) is 7.89. The van der Waals surface area contributed by atoms with Crippen molar-refractivity contribution in [2.24, 2.45) is 5.73 Å². The molecule has 1 aliphatic heterocycles. The van der Waals surface area contributed by atoms with Crippen LogP contribution < -0.4 is 5.73 Å². The summed E-state index contributed by atoms with van der Waals surface area (Å²) in [7, 11) is 0. The molecule has 0 amide bonds. The molecule has 2 aromatic carbocycles. The van der Waals surface area contributed by atoms with Crippen molar-refractivity contribution in [3.05, 3.63) is 83.6 Å². The van der Waals surface area contributed by atoms with E-state index in [1.54, 1.807) is 0 Å². The summed E-state index contributed by atoms with van der Waals surface area (Å²) in [5, 5.41) is 0. The molecule has 3 rings (SSSR count). The van der Waals surface area contributed by atoms with Gasteiger partial charge in [0.2, 0.25) is 5.79 Å². The number of esters is 1. The van der Waals surface area contributed by atoms with E-state index in [0.29, 0.717) is 0 Å². The molecule has 2 atom stereocenters. The standard InChI is InChI=1S/C23H27NO4/c1-16-21(19(24)15-20(25)27-22(2,3)4)28-23(26-16,17-11-7-5-8-12-17)18-13-9-6-10-14-18/h5-16,21H,24H2,1-4H3/t16-,21+/m0/s1. The molecule has 1 heterocycles. The highest BCUT2D eigenvalue weighted by Crippen LogP contribution is 2.44. The molecule has 0 radical (unpaired) electrons. The number of hydrogen-bond donors (Lipinski definition) is 1. The van der Waals surface area contributed by atoms with Gasteiger partial charge >= 0.3 is 5.97 Å². The molecule has 0 saturated carbocycles. The highest BCUT2D eigenvalue weighted by atomic mass is 16.8. The normalized spacial score (nSPS) is 22.1. The van der Waals surface area contributed by atoms with Crippen LogP contribution in [0.3, 0.4) is 0 Å². The molecule has 28 heavy (non-hydrogen) atoms. The fraction of sp³-hybridized carbons (Fsp3) is 0.348. The average Bonchev–Trinajstić information content (AvgIpc) is 3.00. The van der Waals surface area contributed by atoms with E-state index < -0.39 is 23.5 Å². The van der Waals surface area contributed by atoms with Gasteiger partial charge in [0.1, 0.15) is 11.7 Å². The van der Waals surface area contributed by atoms with Gasteiger partial charge in [-0.3, -0.25) is 0 Å². The van der Waals surface area contributed by atoms with Crippen molar-refractivity contribution in [3.63, 3.8) is 0 Å². The van der Waals surface area contributed by atoms with Crippen LogP contribution in [0.5, 0.6) is 0 Å². The molecule has 0 unspecified atom stereocenters. The first-order valence-electron chi connectivity index (χ1n) is 9.38. The van der Waals surface area contributed by atoms with E-state index in [9.17, 15) is 4.79 Å². The van der Waals surface area contributed by atoms with E-state index in [1.807, 2.05) is 88.4 Å². The van der Waals surface area contributed by atoms with Crippen LogP contribution in [-0.4, -0.2) is 23.8 Å². The van der Waals surface area contributed by atoms with Crippen LogP contribution >= 0.6 is 0 Å². The number of ether oxygens (including phenoxy) is 3. The number of benzene rings is 2. The quantitative estimate of drug-likeness (QED) is 0.643. The Morgan fingerprint density at radius 2 is 1.50 bits per heavy atom. The largest absolute Gasteiger partial charge is 0.457 e. The predicted molar refractivity (Wildman–Crippen MR) is 107 cm³/mol. The Kier molecular flexibility index (Phi) is 5.59. The maximum absolute atomic E-state index is 12.2. The van der Waals surface area contributed by atoms with Gasteiger partial charge in [-0.05, 0) is 27.7 Å². The minimum Gasteiger partial charge on any atom is -0.457 e. The van der Waals surface area contributed by atoms with Crippen LogP contribution in [0.15, 0.2) is 72.4 Å². The van der Waals surface area contributed by atoms with E-state index in [1.165, 1.54) is 6.08 Å². The molecule has 1 saturated heterocycles. The van der Waals surface area contributed by atoms with Gasteiger partial charge in [0, 0.05) is 22.9 Å². The second kappa shape index (κ2) is 7.78. The molecule has 148 valence electrons. The Hall–Kier alpha value is -2.63. The highest BCUT2D eigenvalue weighted by molar-refractivity contribution is 5.83. The summed E-state index contributed by atoms with van der Waals surface area (Å²) in [4.78, 5) is 12.2. The first-order valence-corrected chi connectivity index (χ1v) is 9.38. The third kappa shape index (κ3) is 4.26. The van der Waals surface area contributed by atoms with Gasteiger partial charge in [0.15, 0.2) is 0 Å². The van der Waals surface area contributed by atoms with Gasteiger partial charge in [-0.25, -0.2) is 4.79 Å². The second-order valence-corrected chi connectivity index (χ2v) is 7.89. The number of nitrogens with two attached hydrogens (primary N) is 1. The van der Waals surface area contributed by atoms with Gasteiger partial charge in [-0.2, -0.15) is 0 Å². The summed E-state index contributed by atoms with van der Waals surface area (Å²) in [5.41, 5.74) is 7.63. The summed E-state index contributed by atoms with van der Waals surface area (Å²) in [5.74, 6) is -1.60. The lowest BCUT2D eigenvalue weighted by atomic mass is 9.97. The van der Waals surface area contributed by atoms with Gasteiger partial charge in [0.25, 0.3) is 0 Å². The molecular formula is C23H27NO4. The molecule has 0 aromatic heterocycles. The minimum absolute atomic E-state index is 0.274.